The van der Waals surface area contributed by atoms with Gasteiger partial charge in [0.25, 0.3) is 0 Å². The molecular weight excluding hydrogens is 315 g/mol. The highest BCUT2D eigenvalue weighted by Gasteiger charge is 2.27. The molecule has 0 aromatic heterocycles. The van der Waals surface area contributed by atoms with Crippen molar-refractivity contribution in [3.8, 4) is 0 Å². The van der Waals surface area contributed by atoms with E-state index in [1.165, 1.54) is 0 Å². The molecular formula is C18H10Cl2N2. The minimum atomic E-state index is 0.709. The molecule has 0 N–H and O–H groups in total. The topological polar surface area (TPSA) is 24.7 Å². The van der Waals surface area contributed by atoms with E-state index in [2.05, 4.69) is 4.99 Å². The largest absolute Gasteiger partial charge is 0.254 e. The number of benzene rings is 2. The Morgan fingerprint density at radius 3 is 1.95 bits per heavy atom. The molecule has 0 saturated carbocycles. The Labute approximate surface area is 138 Å². The van der Waals surface area contributed by atoms with Gasteiger partial charge in [0.2, 0.25) is 0 Å². The number of halogens is 2. The maximum atomic E-state index is 6.00. The molecule has 0 unspecified atom stereocenters. The molecule has 4 heteroatoms. The molecule has 2 heterocycles. The van der Waals surface area contributed by atoms with Gasteiger partial charge in [-0.1, -0.05) is 47.5 Å². The van der Waals surface area contributed by atoms with E-state index in [0.717, 1.165) is 33.8 Å². The van der Waals surface area contributed by atoms with Crippen LogP contribution in [-0.4, -0.2) is 11.4 Å². The second kappa shape index (κ2) is 5.24. The number of nitrogens with zero attached hydrogens (tertiary/aromatic N) is 2. The quantitative estimate of drug-likeness (QED) is 0.717. The van der Waals surface area contributed by atoms with Gasteiger partial charge in [-0.25, -0.2) is 4.99 Å². The highest BCUT2D eigenvalue weighted by atomic mass is 35.5. The molecule has 2 aliphatic rings. The Morgan fingerprint density at radius 1 is 0.727 bits per heavy atom. The van der Waals surface area contributed by atoms with Crippen molar-refractivity contribution in [3.63, 3.8) is 0 Å². The second-order valence-corrected chi connectivity index (χ2v) is 5.90. The number of aliphatic imine (C=N–C) groups is 2. The lowest BCUT2D eigenvalue weighted by atomic mass is 9.96. The molecule has 2 nitrogen and oxygen atoms in total. The van der Waals surface area contributed by atoms with Crippen LogP contribution >= 0.6 is 23.2 Å². The number of hydrogen-bond donors (Lipinski definition) is 0. The SMILES string of the molecule is Clc1ccc(C2=C(c3ccc(Cl)cc3)C3=NC=CC3=N2)cc1. The first-order chi connectivity index (χ1) is 10.7. The zero-order valence-electron chi connectivity index (χ0n) is 11.4. The van der Waals surface area contributed by atoms with Crippen LogP contribution in [-0.2, 0) is 0 Å². The molecule has 4 rings (SSSR count). The fourth-order valence-electron chi connectivity index (χ4n) is 2.61. The van der Waals surface area contributed by atoms with E-state index in [-0.39, 0.29) is 0 Å². The summed E-state index contributed by atoms with van der Waals surface area (Å²) in [5.41, 5.74) is 5.82. The standard InChI is InChI=1S/C18H10Cl2N2/c19-13-5-1-11(2-6-13)16-17(12-3-7-14(20)8-4-12)22-15-9-10-21-18(15)16/h1-10H. The van der Waals surface area contributed by atoms with E-state index in [9.17, 15) is 0 Å². The Bertz CT molecular complexity index is 823. The fourth-order valence-corrected chi connectivity index (χ4v) is 2.86. The van der Waals surface area contributed by atoms with Gasteiger partial charge in [0.15, 0.2) is 0 Å². The van der Waals surface area contributed by atoms with E-state index in [1.807, 2.05) is 54.6 Å². The van der Waals surface area contributed by atoms with Gasteiger partial charge in [0.05, 0.1) is 17.1 Å². The lowest BCUT2D eigenvalue weighted by Crippen LogP contribution is -2.05. The van der Waals surface area contributed by atoms with Gasteiger partial charge in [0, 0.05) is 27.4 Å². The van der Waals surface area contributed by atoms with Crippen LogP contribution in [0.4, 0.5) is 0 Å². The maximum absolute atomic E-state index is 6.00. The molecule has 0 saturated heterocycles. The first-order valence-corrected chi connectivity index (χ1v) is 7.58. The summed E-state index contributed by atoms with van der Waals surface area (Å²) in [5.74, 6) is 0. The monoisotopic (exact) mass is 324 g/mol. The van der Waals surface area contributed by atoms with E-state index in [0.29, 0.717) is 10.0 Å². The predicted molar refractivity (Wildman–Crippen MR) is 93.7 cm³/mol. The molecule has 0 fully saturated rings. The average molecular weight is 325 g/mol. The molecule has 0 atom stereocenters. The molecule has 106 valence electrons. The zero-order chi connectivity index (χ0) is 15.1. The number of allylic oxidation sites excluding steroid dienone is 2. The van der Waals surface area contributed by atoms with Crippen molar-refractivity contribution in [2.24, 2.45) is 9.98 Å². The smallest absolute Gasteiger partial charge is 0.0987 e. The molecule has 2 aromatic carbocycles. The van der Waals surface area contributed by atoms with Crippen LogP contribution in [0.25, 0.3) is 11.3 Å². The van der Waals surface area contributed by atoms with Crippen LogP contribution < -0.4 is 0 Å². The number of rotatable bonds is 2. The van der Waals surface area contributed by atoms with Gasteiger partial charge < -0.3 is 0 Å². The highest BCUT2D eigenvalue weighted by molar-refractivity contribution is 6.67. The molecule has 22 heavy (non-hydrogen) atoms. The summed E-state index contributed by atoms with van der Waals surface area (Å²) in [6.07, 6.45) is 3.71. The first kappa shape index (κ1) is 13.5. The van der Waals surface area contributed by atoms with Crippen molar-refractivity contribution in [2.75, 3.05) is 0 Å². The van der Waals surface area contributed by atoms with Crippen molar-refractivity contribution in [2.45, 2.75) is 0 Å². The summed E-state index contributed by atoms with van der Waals surface area (Å²) in [5, 5.41) is 1.42. The molecule has 0 bridgehead atoms. The second-order valence-electron chi connectivity index (χ2n) is 5.03. The predicted octanol–water partition coefficient (Wildman–Crippen LogP) is 5.28. The van der Waals surface area contributed by atoms with Crippen LogP contribution in [0.1, 0.15) is 11.1 Å². The van der Waals surface area contributed by atoms with Crippen molar-refractivity contribution < 1.29 is 0 Å². The summed E-state index contributed by atoms with van der Waals surface area (Å²) in [4.78, 5) is 9.19. The molecule has 2 aromatic rings. The number of hydrogen-bond acceptors (Lipinski definition) is 2. The van der Waals surface area contributed by atoms with Crippen LogP contribution in [0.5, 0.6) is 0 Å². The van der Waals surface area contributed by atoms with Crippen molar-refractivity contribution in [1.82, 2.24) is 0 Å². The summed E-state index contributed by atoms with van der Waals surface area (Å²) in [6.45, 7) is 0. The Morgan fingerprint density at radius 2 is 1.32 bits per heavy atom. The van der Waals surface area contributed by atoms with Crippen LogP contribution in [0.3, 0.4) is 0 Å². The summed E-state index contributed by atoms with van der Waals surface area (Å²) in [7, 11) is 0. The van der Waals surface area contributed by atoms with Gasteiger partial charge in [-0.15, -0.1) is 0 Å². The number of fused-ring (bicyclic) bond motifs is 1. The van der Waals surface area contributed by atoms with Gasteiger partial charge >= 0.3 is 0 Å². The maximum Gasteiger partial charge on any atom is 0.0987 e. The minimum absolute atomic E-state index is 0.709. The van der Waals surface area contributed by atoms with Crippen molar-refractivity contribution in [3.05, 3.63) is 82.0 Å². The van der Waals surface area contributed by atoms with E-state index < -0.39 is 0 Å². The molecule has 0 amide bonds. The lowest BCUT2D eigenvalue weighted by molar-refractivity contribution is 1.52. The van der Waals surface area contributed by atoms with Gasteiger partial charge in [-0.3, -0.25) is 4.99 Å². The first-order valence-electron chi connectivity index (χ1n) is 6.82. The van der Waals surface area contributed by atoms with Gasteiger partial charge in [-0.2, -0.15) is 0 Å². The van der Waals surface area contributed by atoms with Crippen LogP contribution in [0.2, 0.25) is 10.0 Å². The van der Waals surface area contributed by atoms with E-state index >= 15 is 0 Å². The molecule has 0 radical (unpaired) electrons. The minimum Gasteiger partial charge on any atom is -0.254 e. The van der Waals surface area contributed by atoms with E-state index in [4.69, 9.17) is 28.2 Å². The normalized spacial score (nSPS) is 15.9. The van der Waals surface area contributed by atoms with Crippen molar-refractivity contribution in [1.29, 1.82) is 0 Å². The third-order valence-corrected chi connectivity index (χ3v) is 4.14. The molecule has 0 aliphatic carbocycles. The van der Waals surface area contributed by atoms with Gasteiger partial charge in [-0.05, 0) is 35.9 Å². The fraction of sp³-hybridized carbons (Fsp3) is 0. The van der Waals surface area contributed by atoms with Crippen LogP contribution in [0, 0.1) is 0 Å². The summed E-state index contributed by atoms with van der Waals surface area (Å²) >= 11 is 12.0. The summed E-state index contributed by atoms with van der Waals surface area (Å²) in [6, 6.07) is 15.4. The zero-order valence-corrected chi connectivity index (χ0v) is 12.9. The molecule has 0 spiro atoms. The third-order valence-electron chi connectivity index (χ3n) is 3.64. The Balaban J connectivity index is 1.91. The average Bonchev–Trinajstić information content (AvgIpc) is 3.10. The van der Waals surface area contributed by atoms with Crippen molar-refractivity contribution >= 4 is 45.9 Å². The molecule has 2 aliphatic heterocycles. The van der Waals surface area contributed by atoms with Gasteiger partial charge in [0.1, 0.15) is 0 Å². The third kappa shape index (κ3) is 2.21. The summed E-state index contributed by atoms with van der Waals surface area (Å²) < 4.78 is 0. The lowest BCUT2D eigenvalue weighted by Gasteiger charge is -2.08. The highest BCUT2D eigenvalue weighted by Crippen LogP contribution is 2.36. The Hall–Kier alpha value is -2.16. The van der Waals surface area contributed by atoms with E-state index in [1.54, 1.807) is 6.20 Å². The van der Waals surface area contributed by atoms with Crippen LogP contribution in [0.15, 0.2) is 70.8 Å². The Kier molecular flexibility index (Phi) is 3.21.